The first-order valence-corrected chi connectivity index (χ1v) is 6.74. The van der Waals surface area contributed by atoms with Gasteiger partial charge in [0.1, 0.15) is 5.75 Å². The quantitative estimate of drug-likeness (QED) is 0.868. The van der Waals surface area contributed by atoms with Gasteiger partial charge in [0.15, 0.2) is 6.10 Å². The van der Waals surface area contributed by atoms with Gasteiger partial charge in [-0.25, -0.2) is 0 Å². The average Bonchev–Trinajstić information content (AvgIpc) is 2.42. The zero-order valence-corrected chi connectivity index (χ0v) is 12.5. The number of benzene rings is 1. The lowest BCUT2D eigenvalue weighted by molar-refractivity contribution is -0.167. The normalized spacial score (nSPS) is 17.3. The first kappa shape index (κ1) is 16.9. The van der Waals surface area contributed by atoms with Crippen LogP contribution in [-0.4, -0.2) is 30.6 Å². The zero-order valence-electron chi connectivity index (χ0n) is 12.5. The van der Waals surface area contributed by atoms with Crippen LogP contribution in [0.3, 0.4) is 0 Å². The second-order valence-electron chi connectivity index (χ2n) is 5.28. The Kier molecular flexibility index (Phi) is 4.35. The maximum Gasteiger partial charge on any atom is 0.471 e. The predicted molar refractivity (Wildman–Crippen MR) is 78.4 cm³/mol. The second kappa shape index (κ2) is 5.94. The van der Waals surface area contributed by atoms with Gasteiger partial charge < -0.3 is 15.0 Å². The smallest absolute Gasteiger partial charge is 0.471 e. The Bertz CT molecular complexity index is 670. The standard InChI is InChI=1S/C15H15F3N2O3/c1-8(2)7-20-11-5-4-10(19-14(22)15(16,17)18)6-12(11)23-9(3)13(20)21/h4-6,9H,1,7H2,2-3H3,(H,19,22). The van der Waals surface area contributed by atoms with E-state index in [9.17, 15) is 22.8 Å². The number of alkyl halides is 3. The molecule has 1 N–H and O–H groups in total. The highest BCUT2D eigenvalue weighted by Gasteiger charge is 2.39. The van der Waals surface area contributed by atoms with Crippen LogP contribution in [0, 0.1) is 0 Å². The molecule has 1 aliphatic heterocycles. The highest BCUT2D eigenvalue weighted by atomic mass is 19.4. The minimum absolute atomic E-state index is 0.0668. The van der Waals surface area contributed by atoms with E-state index in [1.165, 1.54) is 30.0 Å². The Morgan fingerprint density at radius 1 is 1.43 bits per heavy atom. The molecule has 0 aromatic heterocycles. The summed E-state index contributed by atoms with van der Waals surface area (Å²) in [7, 11) is 0. The fourth-order valence-electron chi connectivity index (χ4n) is 2.12. The van der Waals surface area contributed by atoms with Crippen LogP contribution in [0.5, 0.6) is 5.75 Å². The Hall–Kier alpha value is -2.51. The van der Waals surface area contributed by atoms with Crippen molar-refractivity contribution in [1.29, 1.82) is 0 Å². The number of anilines is 2. The fourth-order valence-corrected chi connectivity index (χ4v) is 2.12. The van der Waals surface area contributed by atoms with Crippen LogP contribution >= 0.6 is 0 Å². The van der Waals surface area contributed by atoms with E-state index in [1.54, 1.807) is 12.2 Å². The van der Waals surface area contributed by atoms with Crippen LogP contribution in [-0.2, 0) is 9.59 Å². The average molecular weight is 328 g/mol. The van der Waals surface area contributed by atoms with E-state index in [0.29, 0.717) is 5.69 Å². The number of ether oxygens (including phenoxy) is 1. The number of rotatable bonds is 3. The van der Waals surface area contributed by atoms with Gasteiger partial charge in [-0.2, -0.15) is 13.2 Å². The molecule has 0 bridgehead atoms. The molecule has 124 valence electrons. The highest BCUT2D eigenvalue weighted by Crippen LogP contribution is 2.37. The van der Waals surface area contributed by atoms with Crippen molar-refractivity contribution in [1.82, 2.24) is 0 Å². The van der Waals surface area contributed by atoms with Crippen molar-refractivity contribution in [3.8, 4) is 5.75 Å². The van der Waals surface area contributed by atoms with Gasteiger partial charge >= 0.3 is 12.1 Å². The van der Waals surface area contributed by atoms with E-state index in [0.717, 1.165) is 5.57 Å². The number of hydrogen-bond donors (Lipinski definition) is 1. The molecule has 1 aliphatic rings. The Balaban J connectivity index is 2.32. The van der Waals surface area contributed by atoms with Gasteiger partial charge in [-0.15, -0.1) is 0 Å². The third kappa shape index (κ3) is 3.64. The van der Waals surface area contributed by atoms with Crippen molar-refractivity contribution < 1.29 is 27.5 Å². The summed E-state index contributed by atoms with van der Waals surface area (Å²) in [6.45, 7) is 7.31. The monoisotopic (exact) mass is 328 g/mol. The molecule has 2 rings (SSSR count). The van der Waals surface area contributed by atoms with E-state index >= 15 is 0 Å². The van der Waals surface area contributed by atoms with Gasteiger partial charge in [0.05, 0.1) is 5.69 Å². The Morgan fingerprint density at radius 3 is 2.65 bits per heavy atom. The number of halogens is 3. The molecule has 8 heteroatoms. The molecule has 2 amide bonds. The van der Waals surface area contributed by atoms with E-state index in [1.807, 2.05) is 0 Å². The van der Waals surface area contributed by atoms with Crippen molar-refractivity contribution >= 4 is 23.2 Å². The van der Waals surface area contributed by atoms with Crippen LogP contribution in [0.25, 0.3) is 0 Å². The number of hydrogen-bond acceptors (Lipinski definition) is 3. The topological polar surface area (TPSA) is 58.6 Å². The second-order valence-corrected chi connectivity index (χ2v) is 5.28. The third-order valence-electron chi connectivity index (χ3n) is 3.11. The summed E-state index contributed by atoms with van der Waals surface area (Å²) in [4.78, 5) is 24.6. The summed E-state index contributed by atoms with van der Waals surface area (Å²) in [5, 5.41) is 1.75. The number of carbonyl (C=O) groups excluding carboxylic acids is 2. The summed E-state index contributed by atoms with van der Waals surface area (Å²) in [6, 6.07) is 3.96. The summed E-state index contributed by atoms with van der Waals surface area (Å²) in [6.07, 6.45) is -5.76. The Morgan fingerprint density at radius 2 is 2.09 bits per heavy atom. The molecule has 0 saturated carbocycles. The number of amides is 2. The molecule has 0 radical (unpaired) electrons. The van der Waals surface area contributed by atoms with Gasteiger partial charge in [-0.3, -0.25) is 9.59 Å². The number of nitrogens with zero attached hydrogens (tertiary/aromatic N) is 1. The van der Waals surface area contributed by atoms with Crippen molar-refractivity contribution in [3.05, 3.63) is 30.4 Å². The molecule has 1 aromatic carbocycles. The van der Waals surface area contributed by atoms with Crippen molar-refractivity contribution in [2.75, 3.05) is 16.8 Å². The van der Waals surface area contributed by atoms with Gasteiger partial charge in [0.25, 0.3) is 5.91 Å². The van der Waals surface area contributed by atoms with E-state index < -0.39 is 18.2 Å². The molecule has 0 saturated heterocycles. The first-order valence-electron chi connectivity index (χ1n) is 6.74. The lowest BCUT2D eigenvalue weighted by atomic mass is 10.1. The van der Waals surface area contributed by atoms with Crippen molar-refractivity contribution in [2.24, 2.45) is 0 Å². The van der Waals surface area contributed by atoms with Gasteiger partial charge in [0, 0.05) is 18.3 Å². The molecule has 1 heterocycles. The van der Waals surface area contributed by atoms with Crippen molar-refractivity contribution in [2.45, 2.75) is 26.1 Å². The largest absolute Gasteiger partial charge is 0.479 e. The molecule has 1 atom stereocenters. The van der Waals surface area contributed by atoms with Crippen LogP contribution in [0.1, 0.15) is 13.8 Å². The third-order valence-corrected chi connectivity index (χ3v) is 3.11. The minimum Gasteiger partial charge on any atom is -0.479 e. The van der Waals surface area contributed by atoms with Crippen LogP contribution in [0.15, 0.2) is 30.4 Å². The highest BCUT2D eigenvalue weighted by molar-refractivity contribution is 6.01. The summed E-state index contributed by atoms with van der Waals surface area (Å²) >= 11 is 0. The van der Waals surface area contributed by atoms with Crippen LogP contribution < -0.4 is 15.0 Å². The van der Waals surface area contributed by atoms with Gasteiger partial charge in [-0.05, 0) is 26.0 Å². The van der Waals surface area contributed by atoms with E-state index in [2.05, 4.69) is 6.58 Å². The molecule has 0 fully saturated rings. The zero-order chi connectivity index (χ0) is 17.4. The first-order chi connectivity index (χ1) is 10.6. The lowest BCUT2D eigenvalue weighted by Crippen LogP contribution is -2.45. The number of carbonyl (C=O) groups is 2. The number of nitrogens with one attached hydrogen (secondary N) is 1. The minimum atomic E-state index is -4.98. The van der Waals surface area contributed by atoms with Crippen LogP contribution in [0.2, 0.25) is 0 Å². The van der Waals surface area contributed by atoms with Gasteiger partial charge in [0.2, 0.25) is 0 Å². The maximum atomic E-state index is 12.3. The van der Waals surface area contributed by atoms with E-state index in [-0.39, 0.29) is 23.9 Å². The summed E-state index contributed by atoms with van der Waals surface area (Å²) in [5.74, 6) is -2.12. The molecule has 1 aromatic rings. The molecule has 0 spiro atoms. The van der Waals surface area contributed by atoms with Crippen LogP contribution in [0.4, 0.5) is 24.5 Å². The summed E-state index contributed by atoms with van der Waals surface area (Å²) in [5.41, 5.74) is 1.09. The summed E-state index contributed by atoms with van der Waals surface area (Å²) < 4.78 is 42.3. The van der Waals surface area contributed by atoms with Crippen molar-refractivity contribution in [3.63, 3.8) is 0 Å². The molecule has 0 aliphatic carbocycles. The van der Waals surface area contributed by atoms with E-state index in [4.69, 9.17) is 4.74 Å². The number of fused-ring (bicyclic) bond motifs is 1. The molecule has 1 unspecified atom stereocenters. The van der Waals surface area contributed by atoms with Gasteiger partial charge in [-0.1, -0.05) is 12.2 Å². The lowest BCUT2D eigenvalue weighted by Gasteiger charge is -2.33. The fraction of sp³-hybridized carbons (Fsp3) is 0.333. The maximum absolute atomic E-state index is 12.3. The predicted octanol–water partition coefficient (Wildman–Crippen LogP) is 2.88. The molecular formula is C15H15F3N2O3. The molecule has 23 heavy (non-hydrogen) atoms. The molecular weight excluding hydrogens is 313 g/mol. The Labute approximate surface area is 130 Å². The molecule has 5 nitrogen and oxygen atoms in total. The SMILES string of the molecule is C=C(C)CN1C(=O)C(C)Oc2cc(NC(=O)C(F)(F)F)ccc21.